The van der Waals surface area contributed by atoms with E-state index in [2.05, 4.69) is 0 Å². The third-order valence-corrected chi connectivity index (χ3v) is 2.08. The third-order valence-electron chi connectivity index (χ3n) is 1.89. The minimum atomic E-state index is -0.495. The van der Waals surface area contributed by atoms with Crippen molar-refractivity contribution in [2.24, 2.45) is 0 Å². The van der Waals surface area contributed by atoms with Gasteiger partial charge >= 0.3 is 5.97 Å². The van der Waals surface area contributed by atoms with Gasteiger partial charge in [0, 0.05) is 6.42 Å². The highest BCUT2D eigenvalue weighted by atomic mass is 35.5. The Morgan fingerprint density at radius 1 is 1.29 bits per heavy atom. The molecule has 0 radical (unpaired) electrons. The lowest BCUT2D eigenvalue weighted by atomic mass is 10.1. The Kier molecular flexibility index (Phi) is 7.48. The molecule has 0 aliphatic rings. The van der Waals surface area contributed by atoms with Crippen LogP contribution in [0, 0.1) is 0 Å². The molecule has 0 aromatic carbocycles. The van der Waals surface area contributed by atoms with Crippen molar-refractivity contribution < 1.29 is 14.3 Å². The lowest BCUT2D eigenvalue weighted by molar-refractivity contribution is -0.150. The van der Waals surface area contributed by atoms with Crippen molar-refractivity contribution in [1.29, 1.82) is 0 Å². The van der Waals surface area contributed by atoms with Crippen molar-refractivity contribution in [1.82, 2.24) is 0 Å². The van der Waals surface area contributed by atoms with Crippen molar-refractivity contribution in [2.75, 3.05) is 0 Å². The lowest BCUT2D eigenvalue weighted by Gasteiger charge is -2.14. The van der Waals surface area contributed by atoms with Gasteiger partial charge in [0.05, 0.1) is 6.42 Å². The Balaban J connectivity index is 3.72. The highest BCUT2D eigenvalue weighted by molar-refractivity contribution is 6.63. The van der Waals surface area contributed by atoms with E-state index >= 15 is 0 Å². The topological polar surface area (TPSA) is 43.4 Å². The molecule has 0 rings (SSSR count). The van der Waals surface area contributed by atoms with Crippen molar-refractivity contribution in [3.8, 4) is 0 Å². The molecule has 4 heteroatoms. The number of carbonyl (C=O) groups excluding carboxylic acids is 2. The summed E-state index contributed by atoms with van der Waals surface area (Å²) in [4.78, 5) is 21.5. The molecule has 0 saturated carbocycles. The van der Waals surface area contributed by atoms with Crippen molar-refractivity contribution in [3.63, 3.8) is 0 Å². The second kappa shape index (κ2) is 7.80. The van der Waals surface area contributed by atoms with E-state index < -0.39 is 5.24 Å². The van der Waals surface area contributed by atoms with E-state index in [1.165, 1.54) is 0 Å². The molecular weight excluding hydrogens is 204 g/mol. The zero-order valence-corrected chi connectivity index (χ0v) is 9.47. The first-order valence-electron chi connectivity index (χ1n) is 4.97. The van der Waals surface area contributed by atoms with Gasteiger partial charge in [0.15, 0.2) is 0 Å². The molecule has 0 bridgehead atoms. The second-order valence-corrected chi connectivity index (χ2v) is 3.59. The molecule has 0 aliphatic carbocycles. The van der Waals surface area contributed by atoms with Crippen molar-refractivity contribution in [3.05, 3.63) is 0 Å². The first kappa shape index (κ1) is 13.4. The predicted octanol–water partition coefficient (Wildman–Crippen LogP) is 2.65. The molecule has 1 atom stereocenters. The summed E-state index contributed by atoms with van der Waals surface area (Å²) in [7, 11) is 0. The standard InChI is InChI=1S/C10H17ClO3/c1-3-5-8(4-2)14-10(13)7-6-9(11)12/h8H,3-7H2,1-2H3. The van der Waals surface area contributed by atoms with Gasteiger partial charge in [-0.3, -0.25) is 9.59 Å². The number of hydrogen-bond acceptors (Lipinski definition) is 3. The molecule has 3 nitrogen and oxygen atoms in total. The number of rotatable bonds is 7. The molecule has 0 amide bonds. The van der Waals surface area contributed by atoms with E-state index in [4.69, 9.17) is 16.3 Å². The molecule has 0 spiro atoms. The second-order valence-electron chi connectivity index (χ2n) is 3.16. The summed E-state index contributed by atoms with van der Waals surface area (Å²) < 4.78 is 5.14. The predicted molar refractivity (Wildman–Crippen MR) is 55.2 cm³/mol. The fraction of sp³-hybridized carbons (Fsp3) is 0.800. The van der Waals surface area contributed by atoms with Crippen molar-refractivity contribution in [2.45, 2.75) is 52.1 Å². The summed E-state index contributed by atoms with van der Waals surface area (Å²) >= 11 is 5.11. The smallest absolute Gasteiger partial charge is 0.306 e. The number of ether oxygens (including phenoxy) is 1. The maximum atomic E-state index is 11.2. The molecule has 0 aromatic heterocycles. The summed E-state index contributed by atoms with van der Waals surface area (Å²) in [5.41, 5.74) is 0. The number of carbonyl (C=O) groups is 2. The van der Waals surface area contributed by atoms with Crippen LogP contribution in [0.5, 0.6) is 0 Å². The Labute approximate surface area is 89.8 Å². The summed E-state index contributed by atoms with van der Waals surface area (Å²) in [6, 6.07) is 0. The van der Waals surface area contributed by atoms with Gasteiger partial charge in [-0.1, -0.05) is 20.3 Å². The molecule has 0 aromatic rings. The maximum absolute atomic E-state index is 11.2. The largest absolute Gasteiger partial charge is 0.462 e. The van der Waals surface area contributed by atoms with E-state index in [0.29, 0.717) is 0 Å². The normalized spacial score (nSPS) is 12.2. The van der Waals surface area contributed by atoms with E-state index in [9.17, 15) is 9.59 Å². The van der Waals surface area contributed by atoms with Gasteiger partial charge in [-0.2, -0.15) is 0 Å². The number of esters is 1. The molecule has 0 heterocycles. The van der Waals surface area contributed by atoms with E-state index in [-0.39, 0.29) is 24.9 Å². The third kappa shape index (κ3) is 6.89. The molecule has 0 saturated heterocycles. The van der Waals surface area contributed by atoms with Crippen LogP contribution in [0.4, 0.5) is 0 Å². The monoisotopic (exact) mass is 220 g/mol. The highest BCUT2D eigenvalue weighted by Crippen LogP contribution is 2.08. The van der Waals surface area contributed by atoms with Crippen LogP contribution in [-0.4, -0.2) is 17.3 Å². The molecular formula is C10H17ClO3. The quantitative estimate of drug-likeness (QED) is 0.489. The molecule has 0 N–H and O–H groups in total. The maximum Gasteiger partial charge on any atom is 0.306 e. The Hall–Kier alpha value is -0.570. The van der Waals surface area contributed by atoms with E-state index in [0.717, 1.165) is 19.3 Å². The summed E-state index contributed by atoms with van der Waals surface area (Å²) in [5.74, 6) is -0.334. The summed E-state index contributed by atoms with van der Waals surface area (Å²) in [6.45, 7) is 4.01. The van der Waals surface area contributed by atoms with Crippen LogP contribution in [0.1, 0.15) is 46.0 Å². The molecule has 82 valence electrons. The minimum Gasteiger partial charge on any atom is -0.462 e. The average molecular weight is 221 g/mol. The van der Waals surface area contributed by atoms with Crippen LogP contribution in [0.3, 0.4) is 0 Å². The fourth-order valence-corrected chi connectivity index (χ4v) is 1.21. The molecule has 1 unspecified atom stereocenters. The van der Waals surface area contributed by atoms with Crippen LogP contribution in [0.25, 0.3) is 0 Å². The van der Waals surface area contributed by atoms with Gasteiger partial charge in [-0.15, -0.1) is 0 Å². The van der Waals surface area contributed by atoms with E-state index in [1.54, 1.807) is 0 Å². The van der Waals surface area contributed by atoms with Crippen LogP contribution < -0.4 is 0 Å². The van der Waals surface area contributed by atoms with Gasteiger partial charge < -0.3 is 4.74 Å². The highest BCUT2D eigenvalue weighted by Gasteiger charge is 2.12. The first-order chi connectivity index (χ1) is 6.60. The zero-order chi connectivity index (χ0) is 11.0. The molecule has 0 aliphatic heterocycles. The summed E-state index contributed by atoms with van der Waals surface area (Å²) in [6.07, 6.45) is 2.80. The van der Waals surface area contributed by atoms with Crippen molar-refractivity contribution >= 4 is 22.8 Å². The zero-order valence-electron chi connectivity index (χ0n) is 8.72. The Morgan fingerprint density at radius 2 is 1.93 bits per heavy atom. The first-order valence-corrected chi connectivity index (χ1v) is 5.35. The van der Waals surface area contributed by atoms with Gasteiger partial charge in [0.2, 0.25) is 5.24 Å². The number of halogens is 1. The molecule has 0 fully saturated rings. The van der Waals surface area contributed by atoms with Crippen LogP contribution in [0.15, 0.2) is 0 Å². The van der Waals surface area contributed by atoms with Crippen LogP contribution in [0.2, 0.25) is 0 Å². The Bertz CT molecular complexity index is 192. The van der Waals surface area contributed by atoms with Gasteiger partial charge in [-0.25, -0.2) is 0 Å². The average Bonchev–Trinajstić information content (AvgIpc) is 2.14. The van der Waals surface area contributed by atoms with Gasteiger partial charge in [0.1, 0.15) is 6.10 Å². The Morgan fingerprint density at radius 3 is 2.36 bits per heavy atom. The van der Waals surface area contributed by atoms with E-state index in [1.807, 2.05) is 13.8 Å². The van der Waals surface area contributed by atoms with Gasteiger partial charge in [-0.05, 0) is 24.4 Å². The van der Waals surface area contributed by atoms with Crippen LogP contribution in [-0.2, 0) is 14.3 Å². The number of hydrogen-bond donors (Lipinski definition) is 0. The lowest BCUT2D eigenvalue weighted by Crippen LogP contribution is -2.17. The van der Waals surface area contributed by atoms with Crippen LogP contribution >= 0.6 is 11.6 Å². The SMILES string of the molecule is CCCC(CC)OC(=O)CCC(=O)Cl. The fourth-order valence-electron chi connectivity index (χ4n) is 1.11. The van der Waals surface area contributed by atoms with Gasteiger partial charge in [0.25, 0.3) is 0 Å². The summed E-state index contributed by atoms with van der Waals surface area (Å²) in [5, 5.41) is -0.495. The molecule has 14 heavy (non-hydrogen) atoms. The minimum absolute atomic E-state index is 0.0158.